The van der Waals surface area contributed by atoms with E-state index in [1.165, 1.54) is 21.1 Å². The quantitative estimate of drug-likeness (QED) is 0.697. The molecule has 2 N–H and O–H groups in total. The van der Waals surface area contributed by atoms with Gasteiger partial charge in [-0.05, 0) is 64.5 Å². The number of amides is 1. The van der Waals surface area contributed by atoms with Crippen molar-refractivity contribution >= 4 is 21.8 Å². The highest BCUT2D eigenvalue weighted by atomic mass is 79.9. The summed E-state index contributed by atoms with van der Waals surface area (Å²) in [5, 5.41) is 13.3. The fraction of sp³-hybridized carbons (Fsp3) is 0.364. The van der Waals surface area contributed by atoms with E-state index in [0.29, 0.717) is 46.8 Å². The smallest absolute Gasteiger partial charge is 0.234 e. The van der Waals surface area contributed by atoms with Crippen molar-refractivity contribution in [2.45, 2.75) is 32.7 Å². The molecule has 0 fully saturated rings. The highest BCUT2D eigenvalue weighted by Gasteiger charge is 2.31. The van der Waals surface area contributed by atoms with Crippen molar-refractivity contribution < 1.29 is 24.1 Å². The molecule has 0 bridgehead atoms. The molecule has 1 atom stereocenters. The molecule has 0 unspecified atom stereocenters. The highest BCUT2D eigenvalue weighted by molar-refractivity contribution is 9.10. The highest BCUT2D eigenvalue weighted by Crippen LogP contribution is 2.51. The van der Waals surface area contributed by atoms with Crippen LogP contribution in [-0.2, 0) is 11.2 Å². The summed E-state index contributed by atoms with van der Waals surface area (Å²) in [6.07, 6.45) is 1.14. The van der Waals surface area contributed by atoms with Gasteiger partial charge in [-0.15, -0.1) is 0 Å². The van der Waals surface area contributed by atoms with Crippen molar-refractivity contribution in [3.63, 3.8) is 0 Å². The third-order valence-corrected chi connectivity index (χ3v) is 6.07. The summed E-state index contributed by atoms with van der Waals surface area (Å²) >= 11 is 3.39. The van der Waals surface area contributed by atoms with Gasteiger partial charge in [0.15, 0.2) is 17.2 Å². The predicted octanol–water partition coefficient (Wildman–Crippen LogP) is 3.64. The Morgan fingerprint density at radius 1 is 1.17 bits per heavy atom. The summed E-state index contributed by atoms with van der Waals surface area (Å²) in [5.41, 5.74) is 2.78. The molecule has 1 aliphatic rings. The standard InChI is InChI=1S/C22H24BrNO6/c1-10-8-13-16-12(9-15(28-3)21(29-4)22(16)30-5)6-7-14(24-11(2)25)17(13)18(23)20(27)19(10)26/h8-9,14H,6-7H2,1-5H3,(H,24,25)(H,26,27)/t14-/m0/s1. The van der Waals surface area contributed by atoms with Crippen molar-refractivity contribution in [3.05, 3.63) is 43.5 Å². The van der Waals surface area contributed by atoms with Crippen LogP contribution in [0.1, 0.15) is 36.1 Å². The zero-order chi connectivity index (χ0) is 22.2. The molecule has 0 saturated carbocycles. The average Bonchev–Trinajstić information content (AvgIpc) is 2.91. The molecular formula is C22H24BrNO6. The molecule has 0 aliphatic heterocycles. The molecule has 0 radical (unpaired) electrons. The van der Waals surface area contributed by atoms with Crippen LogP contribution in [0.2, 0.25) is 0 Å². The van der Waals surface area contributed by atoms with Gasteiger partial charge in [-0.2, -0.15) is 0 Å². The molecule has 0 heterocycles. The maximum absolute atomic E-state index is 12.8. The summed E-state index contributed by atoms with van der Waals surface area (Å²) < 4.78 is 17.0. The van der Waals surface area contributed by atoms with E-state index in [4.69, 9.17) is 14.2 Å². The van der Waals surface area contributed by atoms with Gasteiger partial charge in [-0.3, -0.25) is 9.59 Å². The number of methoxy groups -OCH3 is 3. The zero-order valence-corrected chi connectivity index (χ0v) is 19.1. The van der Waals surface area contributed by atoms with E-state index in [0.717, 1.165) is 11.1 Å². The Hall–Kier alpha value is -2.74. The van der Waals surface area contributed by atoms with Crippen molar-refractivity contribution in [2.24, 2.45) is 0 Å². The van der Waals surface area contributed by atoms with Gasteiger partial charge in [-0.1, -0.05) is 0 Å². The number of aromatic hydroxyl groups is 1. The maximum Gasteiger partial charge on any atom is 0.234 e. The first-order valence-corrected chi connectivity index (χ1v) is 10.2. The first-order valence-electron chi connectivity index (χ1n) is 9.40. The summed E-state index contributed by atoms with van der Waals surface area (Å²) in [7, 11) is 4.62. The normalized spacial score (nSPS) is 14.8. The average molecular weight is 478 g/mol. The van der Waals surface area contributed by atoms with Crippen LogP contribution in [0, 0.1) is 6.92 Å². The van der Waals surface area contributed by atoms with Gasteiger partial charge in [0, 0.05) is 18.1 Å². The second kappa shape index (κ2) is 8.55. The van der Waals surface area contributed by atoms with Crippen molar-refractivity contribution in [1.82, 2.24) is 5.32 Å². The Labute approximate surface area is 183 Å². The van der Waals surface area contributed by atoms with E-state index in [1.54, 1.807) is 20.1 Å². The molecule has 0 saturated heterocycles. The number of halogens is 1. The number of hydrogen-bond donors (Lipinski definition) is 2. The number of rotatable bonds is 4. The minimum atomic E-state index is -0.535. The molecule has 3 rings (SSSR count). The summed E-state index contributed by atoms with van der Waals surface area (Å²) in [5.74, 6) is 0.843. The molecule has 7 nitrogen and oxygen atoms in total. The summed E-state index contributed by atoms with van der Waals surface area (Å²) in [6, 6.07) is 3.18. The summed E-state index contributed by atoms with van der Waals surface area (Å²) in [6.45, 7) is 3.09. The zero-order valence-electron chi connectivity index (χ0n) is 17.5. The number of benzene rings is 1. The van der Waals surface area contributed by atoms with Crippen LogP contribution in [-0.4, -0.2) is 32.3 Å². The molecular weight excluding hydrogens is 454 g/mol. The lowest BCUT2D eigenvalue weighted by Crippen LogP contribution is -2.27. The number of ether oxygens (including phenoxy) is 3. The van der Waals surface area contributed by atoms with E-state index in [-0.39, 0.29) is 16.1 Å². The predicted molar refractivity (Wildman–Crippen MR) is 117 cm³/mol. The van der Waals surface area contributed by atoms with Crippen molar-refractivity contribution in [3.8, 4) is 34.1 Å². The van der Waals surface area contributed by atoms with Gasteiger partial charge < -0.3 is 24.6 Å². The second-order valence-electron chi connectivity index (χ2n) is 7.12. The van der Waals surface area contributed by atoms with Gasteiger partial charge >= 0.3 is 0 Å². The van der Waals surface area contributed by atoms with Crippen LogP contribution in [0.3, 0.4) is 0 Å². The fourth-order valence-corrected chi connectivity index (χ4v) is 4.64. The van der Waals surface area contributed by atoms with E-state index in [9.17, 15) is 14.7 Å². The molecule has 2 aromatic carbocycles. The lowest BCUT2D eigenvalue weighted by Gasteiger charge is -2.20. The third kappa shape index (κ3) is 3.60. The second-order valence-corrected chi connectivity index (χ2v) is 7.91. The van der Waals surface area contributed by atoms with Crippen LogP contribution in [0.5, 0.6) is 23.0 Å². The first kappa shape index (κ1) is 22.0. The van der Waals surface area contributed by atoms with Crippen LogP contribution < -0.4 is 25.0 Å². The van der Waals surface area contributed by atoms with Crippen LogP contribution in [0.4, 0.5) is 0 Å². The Morgan fingerprint density at radius 2 is 1.83 bits per heavy atom. The third-order valence-electron chi connectivity index (χ3n) is 5.28. The minimum Gasteiger partial charge on any atom is -0.504 e. The van der Waals surface area contributed by atoms with Gasteiger partial charge in [0.05, 0.1) is 31.8 Å². The molecule has 30 heavy (non-hydrogen) atoms. The van der Waals surface area contributed by atoms with E-state index in [2.05, 4.69) is 21.2 Å². The molecule has 1 aliphatic carbocycles. The number of carbonyl (C=O) groups excluding carboxylic acids is 1. The molecule has 8 heteroatoms. The van der Waals surface area contributed by atoms with Crippen molar-refractivity contribution in [1.29, 1.82) is 0 Å². The van der Waals surface area contributed by atoms with Gasteiger partial charge in [0.1, 0.15) is 0 Å². The van der Waals surface area contributed by atoms with Gasteiger partial charge in [-0.25, -0.2) is 0 Å². The Kier molecular flexibility index (Phi) is 6.26. The van der Waals surface area contributed by atoms with Gasteiger partial charge in [0.2, 0.25) is 17.1 Å². The Morgan fingerprint density at radius 3 is 2.40 bits per heavy atom. The Balaban J connectivity index is 2.53. The maximum atomic E-state index is 12.8. The Bertz CT molecular complexity index is 1080. The van der Waals surface area contributed by atoms with Crippen molar-refractivity contribution in [2.75, 3.05) is 21.3 Å². The van der Waals surface area contributed by atoms with Crippen LogP contribution in [0.25, 0.3) is 11.1 Å². The van der Waals surface area contributed by atoms with E-state index in [1.807, 2.05) is 6.07 Å². The number of fused-ring (bicyclic) bond motifs is 3. The fourth-order valence-electron chi connectivity index (χ4n) is 3.97. The van der Waals surface area contributed by atoms with E-state index < -0.39 is 11.5 Å². The first-order chi connectivity index (χ1) is 14.2. The monoisotopic (exact) mass is 477 g/mol. The minimum absolute atomic E-state index is 0.200. The van der Waals surface area contributed by atoms with E-state index >= 15 is 0 Å². The van der Waals surface area contributed by atoms with Crippen LogP contribution >= 0.6 is 15.9 Å². The SMILES string of the molecule is COc1cc2c(c(OC)c1OC)-c1cc(C)c(O)c(=O)c(Br)c1[C@@H](NC(C)=O)CC2. The lowest BCUT2D eigenvalue weighted by molar-refractivity contribution is -0.119. The number of nitrogens with one attached hydrogen (secondary N) is 1. The summed E-state index contributed by atoms with van der Waals surface area (Å²) in [4.78, 5) is 24.7. The van der Waals surface area contributed by atoms with Crippen LogP contribution in [0.15, 0.2) is 21.4 Å². The topological polar surface area (TPSA) is 94.1 Å². The lowest BCUT2D eigenvalue weighted by atomic mass is 9.95. The van der Waals surface area contributed by atoms with Gasteiger partial charge in [0.25, 0.3) is 0 Å². The molecule has 1 amide bonds. The number of carbonyl (C=O) groups is 1. The molecule has 0 spiro atoms. The largest absolute Gasteiger partial charge is 0.504 e. The molecule has 2 aromatic rings. The molecule has 0 aromatic heterocycles. The number of aryl methyl sites for hydroxylation is 2. The number of hydrogen-bond acceptors (Lipinski definition) is 6. The molecule has 160 valence electrons.